The van der Waals surface area contributed by atoms with Crippen molar-refractivity contribution < 1.29 is 19.4 Å². The fourth-order valence-electron chi connectivity index (χ4n) is 5.59. The van der Waals surface area contributed by atoms with E-state index in [1.807, 2.05) is 36.4 Å². The zero-order valence-corrected chi connectivity index (χ0v) is 24.8. The molecule has 3 rings (SSSR count). The molecule has 2 atom stereocenters. The molecule has 0 aliphatic heterocycles. The smallest absolute Gasteiger partial charge is 0.416 e. The van der Waals surface area contributed by atoms with E-state index in [0.29, 0.717) is 11.4 Å². The molecule has 0 saturated carbocycles. The zero-order chi connectivity index (χ0) is 28.6. The maximum absolute atomic E-state index is 12.7. The van der Waals surface area contributed by atoms with Crippen LogP contribution in [-0.2, 0) is 10.2 Å². The summed E-state index contributed by atoms with van der Waals surface area (Å²) >= 11 is 0. The van der Waals surface area contributed by atoms with Gasteiger partial charge >= 0.3 is 6.09 Å². The quantitative estimate of drug-likeness (QED) is 0.168. The van der Waals surface area contributed by atoms with Gasteiger partial charge in [0.1, 0.15) is 11.5 Å². The van der Waals surface area contributed by atoms with Gasteiger partial charge in [-0.2, -0.15) is 0 Å². The summed E-state index contributed by atoms with van der Waals surface area (Å²) in [6.07, 6.45) is 9.50. The summed E-state index contributed by atoms with van der Waals surface area (Å²) in [6.45, 7) is 15.1. The maximum Gasteiger partial charge on any atom is 0.416 e. The van der Waals surface area contributed by atoms with Gasteiger partial charge < -0.3 is 14.6 Å². The first-order valence-corrected chi connectivity index (χ1v) is 14.3. The predicted molar refractivity (Wildman–Crippen MR) is 161 cm³/mol. The molecule has 1 aliphatic carbocycles. The number of benzene rings is 2. The van der Waals surface area contributed by atoms with Crippen molar-refractivity contribution in [2.75, 3.05) is 18.7 Å². The van der Waals surface area contributed by atoms with Crippen LogP contribution in [0.15, 0.2) is 66.3 Å². The Morgan fingerprint density at radius 2 is 1.87 bits per heavy atom. The van der Waals surface area contributed by atoms with Crippen LogP contribution in [0.1, 0.15) is 96.6 Å². The van der Waals surface area contributed by atoms with Crippen LogP contribution in [0.4, 0.5) is 10.5 Å². The standard InChI is InChI=1S/C34H47NO4/c1-8-9-10-14-19-34(5,6)26-21-30(36)32(29-20-25(4)17-18-28(29)24(2)3)31(22-26)39-23-35(33(37)38-7)27-15-12-11-13-16-27/h11-13,15-16,20-22,28-29,36H,2,8-10,14,17-19,23H2,1,3-7H3. The predicted octanol–water partition coefficient (Wildman–Crippen LogP) is 9.27. The lowest BCUT2D eigenvalue weighted by Gasteiger charge is -2.34. The summed E-state index contributed by atoms with van der Waals surface area (Å²) in [6, 6.07) is 13.3. The van der Waals surface area contributed by atoms with E-state index in [4.69, 9.17) is 9.47 Å². The van der Waals surface area contributed by atoms with Crippen LogP contribution in [0.3, 0.4) is 0 Å². The monoisotopic (exact) mass is 533 g/mol. The number of anilines is 1. The van der Waals surface area contributed by atoms with Gasteiger partial charge in [-0.15, -0.1) is 0 Å². The minimum Gasteiger partial charge on any atom is -0.507 e. The number of carbonyl (C=O) groups is 1. The number of hydrogen-bond donors (Lipinski definition) is 1. The first-order valence-electron chi connectivity index (χ1n) is 14.3. The average Bonchev–Trinajstić information content (AvgIpc) is 2.91. The Hall–Kier alpha value is -3.21. The van der Waals surface area contributed by atoms with Crippen LogP contribution >= 0.6 is 0 Å². The van der Waals surface area contributed by atoms with E-state index in [-0.39, 0.29) is 29.7 Å². The SMILES string of the molecule is C=C(C)C1CCC(C)=CC1c1c(O)cc(C(C)(C)CCCCCC)cc1OCN(C(=O)OC)c1ccccc1. The molecule has 1 aliphatic rings. The van der Waals surface area contributed by atoms with Crippen LogP contribution in [0, 0.1) is 5.92 Å². The molecule has 2 aromatic carbocycles. The summed E-state index contributed by atoms with van der Waals surface area (Å²) in [5, 5.41) is 11.6. The molecule has 0 saturated heterocycles. The second-order valence-corrected chi connectivity index (χ2v) is 11.6. The summed E-state index contributed by atoms with van der Waals surface area (Å²) in [5.74, 6) is 0.964. The fraction of sp³-hybridized carbons (Fsp3) is 0.500. The molecule has 0 radical (unpaired) electrons. The van der Waals surface area contributed by atoms with Crippen LogP contribution in [-0.4, -0.2) is 25.0 Å². The van der Waals surface area contributed by atoms with Crippen molar-refractivity contribution in [3.63, 3.8) is 0 Å². The van der Waals surface area contributed by atoms with Crippen LogP contribution in [0.5, 0.6) is 11.5 Å². The Morgan fingerprint density at radius 3 is 2.51 bits per heavy atom. The number of phenolic OH excluding ortho intramolecular Hbond substituents is 1. The third-order valence-corrected chi connectivity index (χ3v) is 8.08. The van der Waals surface area contributed by atoms with E-state index in [1.54, 1.807) is 0 Å². The number of aromatic hydroxyl groups is 1. The number of rotatable bonds is 12. The molecule has 5 heteroatoms. The minimum atomic E-state index is -0.507. The largest absolute Gasteiger partial charge is 0.507 e. The summed E-state index contributed by atoms with van der Waals surface area (Å²) in [4.78, 5) is 14.2. The van der Waals surface area contributed by atoms with Crippen LogP contribution < -0.4 is 9.64 Å². The third kappa shape index (κ3) is 7.68. The van der Waals surface area contributed by atoms with Gasteiger partial charge in [0.15, 0.2) is 6.73 Å². The normalized spacial score (nSPS) is 17.3. The average molecular weight is 534 g/mol. The molecule has 5 nitrogen and oxygen atoms in total. The lowest BCUT2D eigenvalue weighted by Crippen LogP contribution is -2.34. The molecular formula is C34H47NO4. The number of methoxy groups -OCH3 is 1. The van der Waals surface area contributed by atoms with Gasteiger partial charge in [0, 0.05) is 11.5 Å². The van der Waals surface area contributed by atoms with Gasteiger partial charge in [-0.05, 0) is 74.3 Å². The van der Waals surface area contributed by atoms with Crippen molar-refractivity contribution in [1.29, 1.82) is 0 Å². The van der Waals surface area contributed by atoms with E-state index < -0.39 is 6.09 Å². The summed E-state index contributed by atoms with van der Waals surface area (Å²) in [5.41, 5.74) is 4.71. The van der Waals surface area contributed by atoms with Crippen LogP contribution in [0.2, 0.25) is 0 Å². The van der Waals surface area contributed by atoms with Crippen molar-refractivity contribution in [2.24, 2.45) is 5.92 Å². The van der Waals surface area contributed by atoms with Gasteiger partial charge in [0.25, 0.3) is 0 Å². The molecule has 0 spiro atoms. The molecule has 212 valence electrons. The van der Waals surface area contributed by atoms with Crippen molar-refractivity contribution in [2.45, 2.75) is 90.9 Å². The summed E-state index contributed by atoms with van der Waals surface area (Å²) < 4.78 is 11.5. The molecule has 0 aromatic heterocycles. The van der Waals surface area contributed by atoms with Crippen molar-refractivity contribution >= 4 is 11.8 Å². The Labute approximate surface area is 235 Å². The van der Waals surface area contributed by atoms with Gasteiger partial charge in [0.05, 0.1) is 12.8 Å². The van der Waals surface area contributed by atoms with Crippen molar-refractivity contribution in [3.8, 4) is 11.5 Å². The molecule has 0 bridgehead atoms. The van der Waals surface area contributed by atoms with E-state index in [2.05, 4.69) is 53.3 Å². The van der Waals surface area contributed by atoms with E-state index >= 15 is 0 Å². The topological polar surface area (TPSA) is 59.0 Å². The number of phenols is 1. The second kappa shape index (κ2) is 13.7. The number of amides is 1. The van der Waals surface area contributed by atoms with Gasteiger partial charge in [-0.3, -0.25) is 0 Å². The Kier molecular flexibility index (Phi) is 10.7. The molecule has 39 heavy (non-hydrogen) atoms. The minimum absolute atomic E-state index is 0.0450. The van der Waals surface area contributed by atoms with Gasteiger partial charge in [-0.25, -0.2) is 9.69 Å². The number of carbonyl (C=O) groups excluding carboxylic acids is 1. The molecule has 2 unspecified atom stereocenters. The van der Waals surface area contributed by atoms with E-state index in [1.165, 1.54) is 36.8 Å². The Bertz CT molecular complexity index is 1150. The lowest BCUT2D eigenvalue weighted by atomic mass is 9.72. The number of para-hydroxylation sites is 1. The number of nitrogens with zero attached hydrogens (tertiary/aromatic N) is 1. The molecular weight excluding hydrogens is 486 g/mol. The fourth-order valence-corrected chi connectivity index (χ4v) is 5.59. The molecule has 1 amide bonds. The van der Waals surface area contributed by atoms with Crippen molar-refractivity contribution in [3.05, 3.63) is 77.4 Å². The Morgan fingerprint density at radius 1 is 1.15 bits per heavy atom. The van der Waals surface area contributed by atoms with Crippen molar-refractivity contribution in [1.82, 2.24) is 0 Å². The highest BCUT2D eigenvalue weighted by molar-refractivity contribution is 5.87. The van der Waals surface area contributed by atoms with Gasteiger partial charge in [0.2, 0.25) is 0 Å². The first-order chi connectivity index (χ1) is 18.6. The molecule has 0 heterocycles. The number of unbranched alkanes of at least 4 members (excludes halogenated alkanes) is 3. The van der Waals surface area contributed by atoms with Gasteiger partial charge in [-0.1, -0.05) is 88.5 Å². The van der Waals surface area contributed by atoms with Crippen LogP contribution in [0.25, 0.3) is 0 Å². The van der Waals surface area contributed by atoms with E-state index in [0.717, 1.165) is 42.4 Å². The highest BCUT2D eigenvalue weighted by Crippen LogP contribution is 2.48. The molecule has 1 N–H and O–H groups in total. The Balaban J connectivity index is 2.06. The lowest BCUT2D eigenvalue weighted by molar-refractivity contribution is 0.170. The number of allylic oxidation sites excluding steroid dienone is 3. The van der Waals surface area contributed by atoms with E-state index in [9.17, 15) is 9.90 Å². The number of ether oxygens (including phenoxy) is 2. The second-order valence-electron chi connectivity index (χ2n) is 11.6. The first kappa shape index (κ1) is 30.3. The highest BCUT2D eigenvalue weighted by Gasteiger charge is 2.33. The molecule has 2 aromatic rings. The number of hydrogen-bond acceptors (Lipinski definition) is 4. The highest BCUT2D eigenvalue weighted by atomic mass is 16.6. The molecule has 0 fully saturated rings. The zero-order valence-electron chi connectivity index (χ0n) is 24.8. The maximum atomic E-state index is 12.7. The third-order valence-electron chi connectivity index (χ3n) is 8.08. The summed E-state index contributed by atoms with van der Waals surface area (Å²) in [7, 11) is 1.37.